The molecule has 1 saturated carbocycles. The van der Waals surface area contributed by atoms with Crippen molar-refractivity contribution in [1.82, 2.24) is 9.80 Å². The van der Waals surface area contributed by atoms with Crippen molar-refractivity contribution < 1.29 is 14.7 Å². The summed E-state index contributed by atoms with van der Waals surface area (Å²) in [4.78, 5) is 27.6. The molecular formula is C15H26N2O3. The molecule has 0 bridgehead atoms. The van der Waals surface area contributed by atoms with Crippen molar-refractivity contribution in [1.29, 1.82) is 0 Å². The number of carbonyl (C=O) groups is 2. The number of likely N-dealkylation sites (tertiary alicyclic amines) is 1. The highest BCUT2D eigenvalue weighted by Crippen LogP contribution is 2.33. The largest absolute Gasteiger partial charge is 0.481 e. The van der Waals surface area contributed by atoms with Gasteiger partial charge in [-0.2, -0.15) is 0 Å². The van der Waals surface area contributed by atoms with Crippen LogP contribution in [0, 0.1) is 11.3 Å². The van der Waals surface area contributed by atoms with E-state index in [0.717, 1.165) is 25.8 Å². The van der Waals surface area contributed by atoms with Crippen LogP contribution in [0.1, 0.15) is 46.5 Å². The summed E-state index contributed by atoms with van der Waals surface area (Å²) in [5, 5.41) is 9.26. The SMILES string of the molecule is CC(C)CCN(C(=O)N1CCC(C)(C(=O)O)C1)C1CC1. The van der Waals surface area contributed by atoms with Crippen LogP contribution in [0.5, 0.6) is 0 Å². The molecule has 0 spiro atoms. The lowest BCUT2D eigenvalue weighted by atomic mass is 9.90. The number of carboxylic acid groups (broad SMARTS) is 1. The van der Waals surface area contributed by atoms with Gasteiger partial charge in [-0.1, -0.05) is 13.8 Å². The Bertz CT molecular complexity index is 393. The number of carbonyl (C=O) groups excluding carboxylic acids is 1. The van der Waals surface area contributed by atoms with E-state index in [1.54, 1.807) is 11.8 Å². The van der Waals surface area contributed by atoms with E-state index in [2.05, 4.69) is 13.8 Å². The smallest absolute Gasteiger partial charge is 0.320 e. The maximum absolute atomic E-state index is 12.6. The summed E-state index contributed by atoms with van der Waals surface area (Å²) in [5.41, 5.74) is -0.775. The molecule has 20 heavy (non-hydrogen) atoms. The van der Waals surface area contributed by atoms with Gasteiger partial charge in [0.2, 0.25) is 0 Å². The summed E-state index contributed by atoms with van der Waals surface area (Å²) in [7, 11) is 0. The Morgan fingerprint density at radius 1 is 1.40 bits per heavy atom. The first-order valence-electron chi connectivity index (χ1n) is 7.62. The second-order valence-corrected chi connectivity index (χ2v) is 6.93. The van der Waals surface area contributed by atoms with Gasteiger partial charge < -0.3 is 14.9 Å². The molecule has 1 heterocycles. The summed E-state index contributed by atoms with van der Waals surface area (Å²) in [6.45, 7) is 7.75. The molecule has 114 valence electrons. The third kappa shape index (κ3) is 3.25. The van der Waals surface area contributed by atoms with Gasteiger partial charge >= 0.3 is 12.0 Å². The Morgan fingerprint density at radius 3 is 2.50 bits per heavy atom. The van der Waals surface area contributed by atoms with Crippen molar-refractivity contribution in [3.63, 3.8) is 0 Å². The van der Waals surface area contributed by atoms with Gasteiger partial charge in [0.25, 0.3) is 0 Å². The quantitative estimate of drug-likeness (QED) is 0.842. The minimum absolute atomic E-state index is 0.0399. The average Bonchev–Trinajstić information content (AvgIpc) is 3.11. The van der Waals surface area contributed by atoms with E-state index in [4.69, 9.17) is 0 Å². The molecule has 2 fully saturated rings. The van der Waals surface area contributed by atoms with Gasteiger partial charge in [-0.15, -0.1) is 0 Å². The molecule has 1 aliphatic heterocycles. The molecule has 0 aromatic rings. The summed E-state index contributed by atoms with van der Waals surface area (Å²) < 4.78 is 0. The molecule has 1 unspecified atom stereocenters. The molecule has 5 nitrogen and oxygen atoms in total. The van der Waals surface area contributed by atoms with Gasteiger partial charge in [-0.05, 0) is 38.5 Å². The monoisotopic (exact) mass is 282 g/mol. The van der Waals surface area contributed by atoms with Crippen LogP contribution in [0.15, 0.2) is 0 Å². The van der Waals surface area contributed by atoms with Gasteiger partial charge in [0.05, 0.1) is 5.41 Å². The number of carboxylic acids is 1. The molecule has 5 heteroatoms. The molecule has 1 aliphatic carbocycles. The van der Waals surface area contributed by atoms with Crippen molar-refractivity contribution >= 4 is 12.0 Å². The molecule has 1 saturated heterocycles. The zero-order valence-corrected chi connectivity index (χ0v) is 12.8. The van der Waals surface area contributed by atoms with Gasteiger partial charge in [-0.25, -0.2) is 4.79 Å². The Kier molecular flexibility index (Phi) is 4.25. The van der Waals surface area contributed by atoms with E-state index in [9.17, 15) is 14.7 Å². The van der Waals surface area contributed by atoms with E-state index in [0.29, 0.717) is 31.5 Å². The lowest BCUT2D eigenvalue weighted by molar-refractivity contribution is -0.147. The van der Waals surface area contributed by atoms with Crippen LogP contribution in [-0.2, 0) is 4.79 Å². The predicted octanol–water partition coefficient (Wildman–Crippen LogP) is 2.41. The van der Waals surface area contributed by atoms with Crippen LogP contribution in [0.2, 0.25) is 0 Å². The second kappa shape index (κ2) is 5.62. The van der Waals surface area contributed by atoms with Crippen molar-refractivity contribution in [2.24, 2.45) is 11.3 Å². The molecule has 0 radical (unpaired) electrons. The minimum atomic E-state index is -0.798. The lowest BCUT2D eigenvalue weighted by Crippen LogP contribution is -2.45. The average molecular weight is 282 g/mol. The predicted molar refractivity (Wildman–Crippen MR) is 76.5 cm³/mol. The molecule has 0 aromatic carbocycles. The fourth-order valence-electron chi connectivity index (χ4n) is 2.70. The van der Waals surface area contributed by atoms with Crippen LogP contribution in [-0.4, -0.2) is 52.6 Å². The lowest BCUT2D eigenvalue weighted by Gasteiger charge is -2.29. The maximum atomic E-state index is 12.6. The fourth-order valence-corrected chi connectivity index (χ4v) is 2.70. The first-order valence-corrected chi connectivity index (χ1v) is 7.62. The number of hydrogen-bond acceptors (Lipinski definition) is 2. The standard InChI is InChI=1S/C15H26N2O3/c1-11(2)6-8-17(12-4-5-12)14(20)16-9-7-15(3,10-16)13(18)19/h11-12H,4-10H2,1-3H3,(H,18,19). The summed E-state index contributed by atoms with van der Waals surface area (Å²) in [6.07, 6.45) is 3.74. The normalized spacial score (nSPS) is 26.1. The van der Waals surface area contributed by atoms with Crippen LogP contribution in [0.3, 0.4) is 0 Å². The summed E-state index contributed by atoms with van der Waals surface area (Å²) in [6, 6.07) is 0.427. The Labute approximate surface area is 120 Å². The highest BCUT2D eigenvalue weighted by atomic mass is 16.4. The molecule has 2 amide bonds. The van der Waals surface area contributed by atoms with Crippen molar-refractivity contribution in [3.05, 3.63) is 0 Å². The number of nitrogens with zero attached hydrogens (tertiary/aromatic N) is 2. The van der Waals surface area contributed by atoms with Gasteiger partial charge in [0.15, 0.2) is 0 Å². The Morgan fingerprint density at radius 2 is 2.05 bits per heavy atom. The van der Waals surface area contributed by atoms with Gasteiger partial charge in [0, 0.05) is 25.7 Å². The molecular weight excluding hydrogens is 256 g/mol. The molecule has 2 rings (SSSR count). The number of rotatable bonds is 5. The number of amides is 2. The third-order valence-electron chi connectivity index (χ3n) is 4.44. The summed E-state index contributed by atoms with van der Waals surface area (Å²) >= 11 is 0. The number of hydrogen-bond donors (Lipinski definition) is 1. The van der Waals surface area contributed by atoms with E-state index < -0.39 is 11.4 Å². The van der Waals surface area contributed by atoms with Crippen molar-refractivity contribution in [3.8, 4) is 0 Å². The van der Waals surface area contributed by atoms with E-state index >= 15 is 0 Å². The highest BCUT2D eigenvalue weighted by molar-refractivity contribution is 5.79. The first kappa shape index (κ1) is 15.1. The van der Waals surface area contributed by atoms with Gasteiger partial charge in [0.1, 0.15) is 0 Å². The Hall–Kier alpha value is -1.26. The minimum Gasteiger partial charge on any atom is -0.481 e. The fraction of sp³-hybridized carbons (Fsp3) is 0.867. The zero-order chi connectivity index (χ0) is 14.9. The van der Waals surface area contributed by atoms with E-state index in [-0.39, 0.29) is 6.03 Å². The van der Waals surface area contributed by atoms with Gasteiger partial charge in [-0.3, -0.25) is 4.79 Å². The third-order valence-corrected chi connectivity index (χ3v) is 4.44. The summed E-state index contributed by atoms with van der Waals surface area (Å²) in [5.74, 6) is -0.222. The van der Waals surface area contributed by atoms with Crippen LogP contribution >= 0.6 is 0 Å². The molecule has 2 aliphatic rings. The van der Waals surface area contributed by atoms with Crippen LogP contribution in [0.25, 0.3) is 0 Å². The topological polar surface area (TPSA) is 60.9 Å². The van der Waals surface area contributed by atoms with Crippen molar-refractivity contribution in [2.45, 2.75) is 52.5 Å². The second-order valence-electron chi connectivity index (χ2n) is 6.93. The Balaban J connectivity index is 1.97. The van der Waals surface area contributed by atoms with E-state index in [1.165, 1.54) is 0 Å². The highest BCUT2D eigenvalue weighted by Gasteiger charge is 2.44. The number of urea groups is 1. The van der Waals surface area contributed by atoms with Crippen molar-refractivity contribution in [2.75, 3.05) is 19.6 Å². The molecule has 1 atom stereocenters. The van der Waals surface area contributed by atoms with Crippen LogP contribution in [0.4, 0.5) is 4.79 Å². The first-order chi connectivity index (χ1) is 9.33. The zero-order valence-electron chi connectivity index (χ0n) is 12.8. The maximum Gasteiger partial charge on any atom is 0.320 e. The van der Waals surface area contributed by atoms with Crippen LogP contribution < -0.4 is 0 Å². The van der Waals surface area contributed by atoms with E-state index in [1.807, 2.05) is 4.90 Å². The number of aliphatic carboxylic acids is 1. The molecule has 0 aromatic heterocycles. The molecule has 1 N–H and O–H groups in total.